The van der Waals surface area contributed by atoms with E-state index in [2.05, 4.69) is 21.2 Å². The number of hydrogen-bond donors (Lipinski definition) is 1. The number of aryl methyl sites for hydroxylation is 1. The van der Waals surface area contributed by atoms with Gasteiger partial charge in [-0.2, -0.15) is 0 Å². The van der Waals surface area contributed by atoms with Crippen molar-refractivity contribution in [2.24, 2.45) is 0 Å². The molecule has 1 saturated carbocycles. The van der Waals surface area contributed by atoms with Crippen LogP contribution in [0.3, 0.4) is 0 Å². The Morgan fingerprint density at radius 1 is 1.00 bits per heavy atom. The predicted molar refractivity (Wildman–Crippen MR) is 155 cm³/mol. The van der Waals surface area contributed by atoms with Crippen LogP contribution in [0.1, 0.15) is 48.8 Å². The molecule has 3 aromatic carbocycles. The lowest BCUT2D eigenvalue weighted by Gasteiger charge is -2.33. The first kappa shape index (κ1) is 28.2. The molecule has 3 aromatic rings. The maximum Gasteiger partial charge on any atom is 0.261 e. The summed E-state index contributed by atoms with van der Waals surface area (Å²) in [6.45, 7) is 2.09. The van der Waals surface area contributed by atoms with Crippen molar-refractivity contribution in [3.8, 4) is 5.75 Å². The van der Waals surface area contributed by atoms with Gasteiger partial charge in [0.05, 0.1) is 5.02 Å². The second-order valence-electron chi connectivity index (χ2n) is 9.92. The van der Waals surface area contributed by atoms with Gasteiger partial charge >= 0.3 is 0 Å². The third kappa shape index (κ3) is 8.08. The van der Waals surface area contributed by atoms with E-state index in [1.807, 2.05) is 67.6 Å². The van der Waals surface area contributed by atoms with E-state index in [1.54, 1.807) is 17.0 Å². The van der Waals surface area contributed by atoms with Crippen molar-refractivity contribution < 1.29 is 14.3 Å². The van der Waals surface area contributed by atoms with Crippen LogP contribution in [0, 0.1) is 6.92 Å². The summed E-state index contributed by atoms with van der Waals surface area (Å²) in [5.74, 6) is 0.0265. The van der Waals surface area contributed by atoms with Crippen LogP contribution in [0.25, 0.3) is 0 Å². The third-order valence-corrected chi connectivity index (χ3v) is 7.69. The fourth-order valence-electron chi connectivity index (χ4n) is 4.92. The Morgan fingerprint density at radius 2 is 1.74 bits per heavy atom. The zero-order valence-electron chi connectivity index (χ0n) is 21.7. The van der Waals surface area contributed by atoms with Gasteiger partial charge in [0.2, 0.25) is 5.91 Å². The number of nitrogens with zero attached hydrogens (tertiary/aromatic N) is 1. The van der Waals surface area contributed by atoms with E-state index in [0.29, 0.717) is 23.7 Å². The van der Waals surface area contributed by atoms with Crippen molar-refractivity contribution in [1.82, 2.24) is 10.2 Å². The standard InChI is InChI=1S/C31H34BrClN2O3/c1-22-9-8-12-24(17-22)20-35(30(36)21-38-29-16-15-25(32)19-27(29)33)28(18-23-10-4-2-5-11-23)31(37)34-26-13-6-3-7-14-26/h2,4-5,8-12,15-17,19,26,28H,3,6-7,13-14,18,20-21H2,1H3,(H,34,37)/t28-/m1/s1. The highest BCUT2D eigenvalue weighted by atomic mass is 79.9. The van der Waals surface area contributed by atoms with E-state index >= 15 is 0 Å². The van der Waals surface area contributed by atoms with Gasteiger partial charge in [0, 0.05) is 23.5 Å². The first-order chi connectivity index (χ1) is 18.4. The minimum absolute atomic E-state index is 0.122. The summed E-state index contributed by atoms with van der Waals surface area (Å²) >= 11 is 9.71. The third-order valence-electron chi connectivity index (χ3n) is 6.90. The molecular formula is C31H34BrClN2O3. The van der Waals surface area contributed by atoms with Crippen LogP contribution in [0.2, 0.25) is 5.02 Å². The second kappa shape index (κ2) is 13.8. The van der Waals surface area contributed by atoms with Crippen LogP contribution < -0.4 is 10.1 Å². The van der Waals surface area contributed by atoms with Crippen LogP contribution in [0.4, 0.5) is 0 Å². The van der Waals surface area contributed by atoms with E-state index in [4.69, 9.17) is 16.3 Å². The monoisotopic (exact) mass is 596 g/mol. The lowest BCUT2D eigenvalue weighted by Crippen LogP contribution is -2.53. The minimum Gasteiger partial charge on any atom is -0.482 e. The average molecular weight is 598 g/mol. The molecule has 0 radical (unpaired) electrons. The predicted octanol–water partition coefficient (Wildman–Crippen LogP) is 6.88. The number of rotatable bonds is 10. The van der Waals surface area contributed by atoms with Crippen LogP contribution in [-0.4, -0.2) is 35.4 Å². The highest BCUT2D eigenvalue weighted by Crippen LogP contribution is 2.28. The van der Waals surface area contributed by atoms with Crippen molar-refractivity contribution in [3.05, 3.63) is 99.0 Å². The normalized spacial score (nSPS) is 14.5. The van der Waals surface area contributed by atoms with E-state index in [9.17, 15) is 9.59 Å². The van der Waals surface area contributed by atoms with Gasteiger partial charge in [-0.25, -0.2) is 0 Å². The van der Waals surface area contributed by atoms with Gasteiger partial charge in [-0.1, -0.05) is 107 Å². The van der Waals surface area contributed by atoms with Gasteiger partial charge in [-0.3, -0.25) is 9.59 Å². The van der Waals surface area contributed by atoms with Gasteiger partial charge in [-0.15, -0.1) is 0 Å². The Labute approximate surface area is 238 Å². The highest BCUT2D eigenvalue weighted by molar-refractivity contribution is 9.10. The zero-order chi connectivity index (χ0) is 26.9. The molecule has 1 aliphatic carbocycles. The van der Waals surface area contributed by atoms with E-state index in [-0.39, 0.29) is 24.5 Å². The fraction of sp³-hybridized carbons (Fsp3) is 0.355. The molecule has 1 fully saturated rings. The van der Waals surface area contributed by atoms with Crippen LogP contribution in [0.5, 0.6) is 5.75 Å². The Balaban J connectivity index is 1.62. The molecule has 1 aliphatic rings. The largest absolute Gasteiger partial charge is 0.482 e. The number of hydrogen-bond acceptors (Lipinski definition) is 3. The lowest BCUT2D eigenvalue weighted by atomic mass is 9.94. The molecule has 0 aromatic heterocycles. The van der Waals surface area contributed by atoms with Crippen LogP contribution in [-0.2, 0) is 22.6 Å². The zero-order valence-corrected chi connectivity index (χ0v) is 24.0. The van der Waals surface area contributed by atoms with Gasteiger partial charge in [0.1, 0.15) is 11.8 Å². The number of carbonyl (C=O) groups is 2. The number of halogens is 2. The second-order valence-corrected chi connectivity index (χ2v) is 11.2. The molecule has 0 unspecified atom stereocenters. The molecule has 0 aliphatic heterocycles. The maximum absolute atomic E-state index is 13.8. The summed E-state index contributed by atoms with van der Waals surface area (Å²) in [5, 5.41) is 3.67. The number of amides is 2. The molecule has 1 N–H and O–H groups in total. The quantitative estimate of drug-likeness (QED) is 0.277. The summed E-state index contributed by atoms with van der Waals surface area (Å²) in [5.41, 5.74) is 3.05. The SMILES string of the molecule is Cc1cccc(CN(C(=O)COc2ccc(Br)cc2Cl)[C@H](Cc2ccccc2)C(=O)NC2CCCCC2)c1. The number of carbonyl (C=O) groups excluding carboxylic acids is 2. The molecule has 7 heteroatoms. The molecule has 0 saturated heterocycles. The summed E-state index contributed by atoms with van der Waals surface area (Å²) in [4.78, 5) is 29.3. The Hall–Kier alpha value is -2.83. The fourth-order valence-corrected chi connectivity index (χ4v) is 5.65. The molecule has 0 bridgehead atoms. The molecule has 2 amide bonds. The number of benzene rings is 3. The van der Waals surface area contributed by atoms with Crippen molar-refractivity contribution in [1.29, 1.82) is 0 Å². The van der Waals surface area contributed by atoms with E-state index in [1.165, 1.54) is 6.42 Å². The minimum atomic E-state index is -0.684. The highest BCUT2D eigenvalue weighted by Gasteiger charge is 2.32. The molecule has 1 atom stereocenters. The number of nitrogens with one attached hydrogen (secondary N) is 1. The van der Waals surface area contributed by atoms with Gasteiger partial charge in [0.15, 0.2) is 6.61 Å². The van der Waals surface area contributed by atoms with Crippen molar-refractivity contribution in [3.63, 3.8) is 0 Å². The Morgan fingerprint density at radius 3 is 2.45 bits per heavy atom. The Kier molecular flexibility index (Phi) is 10.2. The summed E-state index contributed by atoms with van der Waals surface area (Å²) in [6.07, 6.45) is 5.79. The van der Waals surface area contributed by atoms with E-state index < -0.39 is 6.04 Å². The Bertz CT molecular complexity index is 1230. The molecule has 200 valence electrons. The molecule has 0 spiro atoms. The summed E-state index contributed by atoms with van der Waals surface area (Å²) in [6, 6.07) is 22.6. The first-order valence-electron chi connectivity index (χ1n) is 13.2. The van der Waals surface area contributed by atoms with Crippen molar-refractivity contribution in [2.75, 3.05) is 6.61 Å². The van der Waals surface area contributed by atoms with Crippen LogP contribution >= 0.6 is 27.5 Å². The van der Waals surface area contributed by atoms with Gasteiger partial charge in [0.25, 0.3) is 5.91 Å². The van der Waals surface area contributed by atoms with Crippen molar-refractivity contribution in [2.45, 2.75) is 64.1 Å². The molecule has 4 rings (SSSR count). The summed E-state index contributed by atoms with van der Waals surface area (Å²) in [7, 11) is 0. The van der Waals surface area contributed by atoms with E-state index in [0.717, 1.165) is 46.8 Å². The summed E-state index contributed by atoms with van der Waals surface area (Å²) < 4.78 is 6.67. The lowest BCUT2D eigenvalue weighted by molar-refractivity contribution is -0.143. The topological polar surface area (TPSA) is 58.6 Å². The molecular weight excluding hydrogens is 564 g/mol. The number of ether oxygens (including phenoxy) is 1. The van der Waals surface area contributed by atoms with Crippen LogP contribution in [0.15, 0.2) is 77.3 Å². The average Bonchev–Trinajstić information content (AvgIpc) is 2.91. The maximum atomic E-state index is 13.8. The molecule has 0 heterocycles. The smallest absolute Gasteiger partial charge is 0.261 e. The first-order valence-corrected chi connectivity index (χ1v) is 14.3. The van der Waals surface area contributed by atoms with Gasteiger partial charge < -0.3 is 15.0 Å². The van der Waals surface area contributed by atoms with Gasteiger partial charge in [-0.05, 0) is 49.1 Å². The van der Waals surface area contributed by atoms with Crippen molar-refractivity contribution >= 4 is 39.3 Å². The molecule has 5 nitrogen and oxygen atoms in total. The molecule has 38 heavy (non-hydrogen) atoms.